The SMILES string of the molecule is CCC(CC)(CBr)NC(=O)C(C)(C)CC. The van der Waals surface area contributed by atoms with Crippen LogP contribution in [0.5, 0.6) is 0 Å². The van der Waals surface area contributed by atoms with Crippen LogP contribution in [-0.2, 0) is 4.79 Å². The van der Waals surface area contributed by atoms with Crippen LogP contribution in [0.1, 0.15) is 53.9 Å². The molecule has 0 atom stereocenters. The Labute approximate surface area is 102 Å². The van der Waals surface area contributed by atoms with Crippen molar-refractivity contribution in [3.8, 4) is 0 Å². The third-order valence-electron chi connectivity index (χ3n) is 3.49. The maximum absolute atomic E-state index is 12.1. The van der Waals surface area contributed by atoms with Gasteiger partial charge in [-0.1, -0.05) is 50.5 Å². The molecule has 0 saturated heterocycles. The minimum Gasteiger partial charge on any atom is -0.349 e. The fourth-order valence-electron chi connectivity index (χ4n) is 1.22. The van der Waals surface area contributed by atoms with E-state index in [1.54, 1.807) is 0 Å². The number of rotatable bonds is 6. The second kappa shape index (κ2) is 5.88. The van der Waals surface area contributed by atoms with Crippen molar-refractivity contribution in [3.05, 3.63) is 0 Å². The summed E-state index contributed by atoms with van der Waals surface area (Å²) in [5.41, 5.74) is -0.346. The first-order chi connectivity index (χ1) is 6.87. The van der Waals surface area contributed by atoms with Crippen molar-refractivity contribution in [2.24, 2.45) is 5.41 Å². The van der Waals surface area contributed by atoms with Crippen molar-refractivity contribution < 1.29 is 4.79 Å². The molecule has 0 bridgehead atoms. The highest BCUT2D eigenvalue weighted by Crippen LogP contribution is 2.24. The molecule has 0 rings (SSSR count). The molecule has 15 heavy (non-hydrogen) atoms. The summed E-state index contributed by atoms with van der Waals surface area (Å²) < 4.78 is 0. The fourth-order valence-corrected chi connectivity index (χ4v) is 2.15. The van der Waals surface area contributed by atoms with Crippen LogP contribution in [0.15, 0.2) is 0 Å². The number of halogens is 1. The second-order valence-corrected chi connectivity index (χ2v) is 5.37. The Morgan fingerprint density at radius 2 is 1.60 bits per heavy atom. The number of carbonyl (C=O) groups is 1. The van der Waals surface area contributed by atoms with E-state index in [-0.39, 0.29) is 16.9 Å². The zero-order chi connectivity index (χ0) is 12.1. The molecule has 2 nitrogen and oxygen atoms in total. The molecular weight excluding hydrogens is 254 g/mol. The first-order valence-electron chi connectivity index (χ1n) is 5.76. The van der Waals surface area contributed by atoms with Gasteiger partial charge in [0.25, 0.3) is 0 Å². The van der Waals surface area contributed by atoms with Gasteiger partial charge in [0, 0.05) is 16.3 Å². The lowest BCUT2D eigenvalue weighted by atomic mass is 9.86. The third kappa shape index (κ3) is 3.78. The molecule has 0 unspecified atom stereocenters. The molecule has 0 fully saturated rings. The summed E-state index contributed by atoms with van der Waals surface area (Å²) in [6, 6.07) is 0. The molecule has 0 radical (unpaired) electrons. The minimum absolute atomic E-state index is 0.0798. The number of alkyl halides is 1. The Morgan fingerprint density at radius 3 is 1.87 bits per heavy atom. The van der Waals surface area contributed by atoms with Gasteiger partial charge in [0.15, 0.2) is 0 Å². The second-order valence-electron chi connectivity index (χ2n) is 4.81. The van der Waals surface area contributed by atoms with E-state index in [2.05, 4.69) is 35.1 Å². The molecule has 0 aromatic heterocycles. The van der Waals surface area contributed by atoms with Gasteiger partial charge in [-0.05, 0) is 19.3 Å². The van der Waals surface area contributed by atoms with E-state index in [1.165, 1.54) is 0 Å². The molecule has 0 aliphatic heterocycles. The molecule has 1 N–H and O–H groups in total. The fraction of sp³-hybridized carbons (Fsp3) is 0.917. The third-order valence-corrected chi connectivity index (χ3v) is 4.56. The monoisotopic (exact) mass is 277 g/mol. The average molecular weight is 278 g/mol. The lowest BCUT2D eigenvalue weighted by Gasteiger charge is -2.34. The van der Waals surface area contributed by atoms with Crippen LogP contribution in [0.25, 0.3) is 0 Å². The van der Waals surface area contributed by atoms with Crippen molar-refractivity contribution in [3.63, 3.8) is 0 Å². The van der Waals surface area contributed by atoms with Crippen LogP contribution in [0.4, 0.5) is 0 Å². The van der Waals surface area contributed by atoms with Gasteiger partial charge >= 0.3 is 0 Å². The topological polar surface area (TPSA) is 29.1 Å². The summed E-state index contributed by atoms with van der Waals surface area (Å²) in [6.45, 7) is 10.3. The minimum atomic E-state index is -0.266. The van der Waals surface area contributed by atoms with E-state index in [0.29, 0.717) is 0 Å². The van der Waals surface area contributed by atoms with Gasteiger partial charge in [-0.15, -0.1) is 0 Å². The van der Waals surface area contributed by atoms with Gasteiger partial charge < -0.3 is 5.32 Å². The van der Waals surface area contributed by atoms with E-state index in [1.807, 2.05) is 20.8 Å². The molecule has 0 aliphatic carbocycles. The van der Waals surface area contributed by atoms with Crippen LogP contribution >= 0.6 is 15.9 Å². The maximum atomic E-state index is 12.1. The zero-order valence-electron chi connectivity index (χ0n) is 10.6. The van der Waals surface area contributed by atoms with Gasteiger partial charge in [-0.25, -0.2) is 0 Å². The number of carbonyl (C=O) groups excluding carboxylic acids is 1. The molecule has 0 heterocycles. The Kier molecular flexibility index (Phi) is 5.86. The van der Waals surface area contributed by atoms with Crippen molar-refractivity contribution in [1.82, 2.24) is 5.32 Å². The van der Waals surface area contributed by atoms with E-state index < -0.39 is 0 Å². The predicted molar refractivity (Wildman–Crippen MR) is 69.3 cm³/mol. The quantitative estimate of drug-likeness (QED) is 0.740. The Balaban J connectivity index is 4.62. The first kappa shape index (κ1) is 14.9. The molecule has 1 amide bonds. The summed E-state index contributed by atoms with van der Waals surface area (Å²) in [6.07, 6.45) is 2.78. The van der Waals surface area contributed by atoms with Gasteiger partial charge in [-0.3, -0.25) is 4.79 Å². The summed E-state index contributed by atoms with van der Waals surface area (Å²) in [5.74, 6) is 0.160. The number of hydrogen-bond donors (Lipinski definition) is 1. The summed E-state index contributed by atoms with van der Waals surface area (Å²) in [7, 11) is 0. The zero-order valence-corrected chi connectivity index (χ0v) is 12.2. The largest absolute Gasteiger partial charge is 0.349 e. The van der Waals surface area contributed by atoms with Crippen molar-refractivity contribution in [1.29, 1.82) is 0 Å². The Bertz CT molecular complexity index is 201. The molecule has 0 aromatic carbocycles. The standard InChI is InChI=1S/C12H24BrNO/c1-6-11(4,5)10(15)14-12(7-2,8-3)9-13/h6-9H2,1-5H3,(H,14,15). The maximum Gasteiger partial charge on any atom is 0.226 e. The van der Waals surface area contributed by atoms with Crippen molar-refractivity contribution in [2.45, 2.75) is 59.4 Å². The van der Waals surface area contributed by atoms with Crippen LogP contribution < -0.4 is 5.32 Å². The van der Waals surface area contributed by atoms with Crippen molar-refractivity contribution >= 4 is 21.8 Å². The number of hydrogen-bond acceptors (Lipinski definition) is 1. The number of nitrogens with one attached hydrogen (secondary N) is 1. The van der Waals surface area contributed by atoms with E-state index in [4.69, 9.17) is 0 Å². The summed E-state index contributed by atoms with van der Waals surface area (Å²) in [5, 5.41) is 4.00. The Hall–Kier alpha value is -0.0500. The highest BCUT2D eigenvalue weighted by atomic mass is 79.9. The lowest BCUT2D eigenvalue weighted by molar-refractivity contribution is -0.131. The van der Waals surface area contributed by atoms with Gasteiger partial charge in [-0.2, -0.15) is 0 Å². The van der Waals surface area contributed by atoms with Crippen LogP contribution in [-0.4, -0.2) is 16.8 Å². The van der Waals surface area contributed by atoms with Gasteiger partial charge in [0.05, 0.1) is 0 Å². The van der Waals surface area contributed by atoms with Crippen LogP contribution in [0.3, 0.4) is 0 Å². The normalized spacial score (nSPS) is 12.7. The van der Waals surface area contributed by atoms with Crippen LogP contribution in [0, 0.1) is 5.41 Å². The lowest BCUT2D eigenvalue weighted by Crippen LogP contribution is -2.53. The molecule has 0 aromatic rings. The molecule has 90 valence electrons. The molecular formula is C12H24BrNO. The predicted octanol–water partition coefficient (Wildman–Crippen LogP) is 3.49. The Morgan fingerprint density at radius 1 is 1.13 bits per heavy atom. The first-order valence-corrected chi connectivity index (χ1v) is 6.88. The van der Waals surface area contributed by atoms with Gasteiger partial charge in [0.2, 0.25) is 5.91 Å². The average Bonchev–Trinajstić information content (AvgIpc) is 2.25. The molecule has 0 saturated carbocycles. The molecule has 0 aliphatic rings. The molecule has 0 spiro atoms. The molecule has 3 heteroatoms. The number of amides is 1. The van der Waals surface area contributed by atoms with Gasteiger partial charge in [0.1, 0.15) is 0 Å². The summed E-state index contributed by atoms with van der Waals surface area (Å²) in [4.78, 5) is 12.1. The highest BCUT2D eigenvalue weighted by Gasteiger charge is 2.33. The van der Waals surface area contributed by atoms with Crippen LogP contribution in [0.2, 0.25) is 0 Å². The summed E-state index contributed by atoms with van der Waals surface area (Å²) >= 11 is 3.50. The smallest absolute Gasteiger partial charge is 0.226 e. The van der Waals surface area contributed by atoms with E-state index in [0.717, 1.165) is 24.6 Å². The van der Waals surface area contributed by atoms with Crippen molar-refractivity contribution in [2.75, 3.05) is 5.33 Å². The highest BCUT2D eigenvalue weighted by molar-refractivity contribution is 9.09. The van der Waals surface area contributed by atoms with E-state index in [9.17, 15) is 4.79 Å². The van der Waals surface area contributed by atoms with E-state index >= 15 is 0 Å².